The maximum atomic E-state index is 3.53. The van der Waals surface area contributed by atoms with Crippen LogP contribution in [0.5, 0.6) is 0 Å². The van der Waals surface area contributed by atoms with Crippen molar-refractivity contribution in [1.82, 2.24) is 0 Å². The van der Waals surface area contributed by atoms with Crippen molar-refractivity contribution < 1.29 is 0 Å². The van der Waals surface area contributed by atoms with Gasteiger partial charge in [0, 0.05) is 15.8 Å². The van der Waals surface area contributed by atoms with E-state index in [-0.39, 0.29) is 0 Å². The van der Waals surface area contributed by atoms with E-state index in [1.54, 1.807) is 0 Å². The van der Waals surface area contributed by atoms with Crippen LogP contribution in [0.2, 0.25) is 0 Å². The maximum absolute atomic E-state index is 3.53. The molecule has 0 spiro atoms. The molecule has 1 N–H and O–H groups in total. The van der Waals surface area contributed by atoms with Gasteiger partial charge in [-0.25, -0.2) is 0 Å². The van der Waals surface area contributed by atoms with Crippen molar-refractivity contribution in [2.24, 2.45) is 0 Å². The molecule has 0 aliphatic heterocycles. The van der Waals surface area contributed by atoms with Gasteiger partial charge in [-0.1, -0.05) is 43.7 Å². The van der Waals surface area contributed by atoms with Crippen LogP contribution < -0.4 is 5.32 Å². The number of hydrogen-bond donors (Lipinski definition) is 1. The van der Waals surface area contributed by atoms with Crippen LogP contribution in [-0.4, -0.2) is 0 Å². The number of nitrogens with one attached hydrogen (secondary N) is 1. The van der Waals surface area contributed by atoms with Crippen molar-refractivity contribution in [2.75, 3.05) is 5.32 Å². The highest BCUT2D eigenvalue weighted by molar-refractivity contribution is 14.1. The number of aryl methyl sites for hydroxylation is 1. The Morgan fingerprint density at radius 1 is 1.00 bits per heavy atom. The summed E-state index contributed by atoms with van der Waals surface area (Å²) in [7, 11) is 0. The molecule has 0 saturated heterocycles. The summed E-state index contributed by atoms with van der Waals surface area (Å²) < 4.78 is 1.28. The van der Waals surface area contributed by atoms with E-state index in [4.69, 9.17) is 0 Å². The molecule has 0 aliphatic carbocycles. The van der Waals surface area contributed by atoms with Crippen molar-refractivity contribution in [1.29, 1.82) is 0 Å². The molecule has 0 atom stereocenters. The van der Waals surface area contributed by atoms with Crippen LogP contribution in [0.15, 0.2) is 48.5 Å². The Hall–Kier alpha value is -1.03. The van der Waals surface area contributed by atoms with E-state index in [1.807, 2.05) is 0 Å². The van der Waals surface area contributed by atoms with Crippen molar-refractivity contribution >= 4 is 28.3 Å². The van der Waals surface area contributed by atoms with Crippen LogP contribution in [0.4, 0.5) is 5.69 Å². The average Bonchev–Trinajstić information content (AvgIpc) is 2.40. The van der Waals surface area contributed by atoms with E-state index in [9.17, 15) is 0 Å². The van der Waals surface area contributed by atoms with Crippen LogP contribution >= 0.6 is 22.6 Å². The molecule has 94 valence electrons. The standard InChI is InChI=1S/C16H18IN/c1-2-5-14-6-3-4-7-16(14)18-12-13-8-10-15(17)11-9-13/h3-4,6-11,18H,2,5,12H2,1H3. The van der Waals surface area contributed by atoms with Crippen molar-refractivity contribution in [3.05, 3.63) is 63.2 Å². The van der Waals surface area contributed by atoms with E-state index < -0.39 is 0 Å². The second kappa shape index (κ2) is 6.78. The molecule has 2 aromatic carbocycles. The fourth-order valence-electron chi connectivity index (χ4n) is 1.98. The normalized spacial score (nSPS) is 10.3. The van der Waals surface area contributed by atoms with E-state index >= 15 is 0 Å². The molecule has 18 heavy (non-hydrogen) atoms. The van der Waals surface area contributed by atoms with Crippen molar-refractivity contribution in [3.63, 3.8) is 0 Å². The van der Waals surface area contributed by atoms with Gasteiger partial charge in [-0.05, 0) is 58.3 Å². The Bertz CT molecular complexity index is 491. The molecule has 0 unspecified atom stereocenters. The zero-order valence-corrected chi connectivity index (χ0v) is 12.8. The number of hydrogen-bond acceptors (Lipinski definition) is 1. The molecule has 0 amide bonds. The molecular formula is C16H18IN. The van der Waals surface area contributed by atoms with Gasteiger partial charge >= 0.3 is 0 Å². The summed E-state index contributed by atoms with van der Waals surface area (Å²) in [5.41, 5.74) is 3.99. The number of para-hydroxylation sites is 1. The highest BCUT2D eigenvalue weighted by Crippen LogP contribution is 2.18. The Labute approximate surface area is 123 Å². The third-order valence-corrected chi connectivity index (χ3v) is 3.65. The van der Waals surface area contributed by atoms with Crippen LogP contribution in [0.3, 0.4) is 0 Å². The number of rotatable bonds is 5. The molecule has 1 nitrogen and oxygen atoms in total. The van der Waals surface area contributed by atoms with E-state index in [0.717, 1.165) is 13.0 Å². The molecule has 0 heterocycles. The van der Waals surface area contributed by atoms with Gasteiger partial charge in [0.1, 0.15) is 0 Å². The summed E-state index contributed by atoms with van der Waals surface area (Å²) in [5.74, 6) is 0. The van der Waals surface area contributed by atoms with Gasteiger partial charge in [0.05, 0.1) is 0 Å². The molecule has 0 radical (unpaired) electrons. The Morgan fingerprint density at radius 3 is 2.44 bits per heavy atom. The lowest BCUT2D eigenvalue weighted by molar-refractivity contribution is 0.919. The Morgan fingerprint density at radius 2 is 1.72 bits per heavy atom. The Kier molecular flexibility index (Phi) is 5.05. The monoisotopic (exact) mass is 351 g/mol. The van der Waals surface area contributed by atoms with Crippen molar-refractivity contribution in [3.8, 4) is 0 Å². The van der Waals surface area contributed by atoms with Gasteiger partial charge < -0.3 is 5.32 Å². The lowest BCUT2D eigenvalue weighted by atomic mass is 10.1. The fraction of sp³-hybridized carbons (Fsp3) is 0.250. The van der Waals surface area contributed by atoms with Crippen LogP contribution in [-0.2, 0) is 13.0 Å². The smallest absolute Gasteiger partial charge is 0.0400 e. The first-order valence-corrected chi connectivity index (χ1v) is 7.43. The number of anilines is 1. The predicted molar refractivity (Wildman–Crippen MR) is 86.9 cm³/mol. The molecule has 2 aromatic rings. The molecule has 0 bridgehead atoms. The topological polar surface area (TPSA) is 12.0 Å². The van der Waals surface area contributed by atoms with Crippen LogP contribution in [0.1, 0.15) is 24.5 Å². The van der Waals surface area contributed by atoms with E-state index in [0.29, 0.717) is 0 Å². The SMILES string of the molecule is CCCc1ccccc1NCc1ccc(I)cc1. The van der Waals surface area contributed by atoms with Gasteiger partial charge in [-0.3, -0.25) is 0 Å². The summed E-state index contributed by atoms with van der Waals surface area (Å²) in [4.78, 5) is 0. The van der Waals surface area contributed by atoms with Gasteiger partial charge in [0.25, 0.3) is 0 Å². The first-order valence-electron chi connectivity index (χ1n) is 6.36. The average molecular weight is 351 g/mol. The second-order valence-electron chi connectivity index (χ2n) is 4.39. The van der Waals surface area contributed by atoms with Crippen molar-refractivity contribution in [2.45, 2.75) is 26.3 Å². The third kappa shape index (κ3) is 3.73. The summed E-state index contributed by atoms with van der Waals surface area (Å²) in [6.45, 7) is 3.10. The molecule has 0 fully saturated rings. The maximum Gasteiger partial charge on any atom is 0.0400 e. The summed E-state index contributed by atoms with van der Waals surface area (Å²) in [6, 6.07) is 17.2. The molecule has 2 rings (SSSR count). The lowest BCUT2D eigenvalue weighted by Crippen LogP contribution is -2.02. The molecule has 0 saturated carbocycles. The molecule has 0 aromatic heterocycles. The first-order chi connectivity index (χ1) is 8.79. The zero-order valence-electron chi connectivity index (χ0n) is 10.6. The van der Waals surface area contributed by atoms with Crippen LogP contribution in [0, 0.1) is 3.57 Å². The minimum Gasteiger partial charge on any atom is -0.381 e. The first kappa shape index (κ1) is 13.4. The summed E-state index contributed by atoms with van der Waals surface area (Å²) in [5, 5.41) is 3.53. The largest absolute Gasteiger partial charge is 0.381 e. The third-order valence-electron chi connectivity index (χ3n) is 2.93. The Balaban J connectivity index is 2.03. The highest BCUT2D eigenvalue weighted by atomic mass is 127. The fourth-order valence-corrected chi connectivity index (χ4v) is 2.34. The highest BCUT2D eigenvalue weighted by Gasteiger charge is 2.00. The molecular weight excluding hydrogens is 333 g/mol. The van der Waals surface area contributed by atoms with E-state index in [2.05, 4.69) is 83.4 Å². The minimum atomic E-state index is 0.887. The lowest BCUT2D eigenvalue weighted by Gasteiger charge is -2.11. The quantitative estimate of drug-likeness (QED) is 0.759. The number of halogens is 1. The van der Waals surface area contributed by atoms with Gasteiger partial charge in [-0.15, -0.1) is 0 Å². The molecule has 2 heteroatoms. The predicted octanol–water partition coefficient (Wildman–Crippen LogP) is 4.86. The summed E-state index contributed by atoms with van der Waals surface area (Å²) >= 11 is 2.33. The minimum absolute atomic E-state index is 0.887. The molecule has 0 aliphatic rings. The zero-order chi connectivity index (χ0) is 12.8. The second-order valence-corrected chi connectivity index (χ2v) is 5.63. The van der Waals surface area contributed by atoms with Gasteiger partial charge in [0.2, 0.25) is 0 Å². The van der Waals surface area contributed by atoms with Gasteiger partial charge in [-0.2, -0.15) is 0 Å². The number of benzene rings is 2. The van der Waals surface area contributed by atoms with E-state index in [1.165, 1.54) is 26.8 Å². The summed E-state index contributed by atoms with van der Waals surface area (Å²) in [6.07, 6.45) is 2.32. The van der Waals surface area contributed by atoms with Gasteiger partial charge in [0.15, 0.2) is 0 Å². The van der Waals surface area contributed by atoms with Crippen LogP contribution in [0.25, 0.3) is 0 Å².